The first-order valence-corrected chi connectivity index (χ1v) is 10.4. The molecule has 0 bridgehead atoms. The van der Waals surface area contributed by atoms with E-state index in [1.54, 1.807) is 0 Å². The summed E-state index contributed by atoms with van der Waals surface area (Å²) in [6, 6.07) is 33.9. The smallest absolute Gasteiger partial charge is 0.433 e. The van der Waals surface area contributed by atoms with E-state index in [0.717, 1.165) is 11.1 Å². The van der Waals surface area contributed by atoms with E-state index in [1.807, 2.05) is 12.1 Å². The van der Waals surface area contributed by atoms with E-state index in [2.05, 4.69) is 84.9 Å². The molecule has 4 aromatic rings. The van der Waals surface area contributed by atoms with E-state index in [0.29, 0.717) is 13.2 Å². The van der Waals surface area contributed by atoms with Crippen molar-refractivity contribution in [2.45, 2.75) is 5.41 Å². The van der Waals surface area contributed by atoms with Crippen molar-refractivity contribution in [3.63, 3.8) is 0 Å². The normalized spacial score (nSPS) is 15.7. The summed E-state index contributed by atoms with van der Waals surface area (Å²) in [6.45, 7) is 0.586. The number of carbonyl (C=O) groups excluding carboxylic acids is 1. The molecule has 0 radical (unpaired) electrons. The molecule has 1 aliphatic heterocycles. The molecule has 4 aromatic carbocycles. The summed E-state index contributed by atoms with van der Waals surface area (Å²) in [5.74, 6) is 0. The zero-order valence-corrected chi connectivity index (χ0v) is 16.9. The number of rotatable bonds is 2. The molecule has 0 atom stereocenters. The lowest BCUT2D eigenvalue weighted by Crippen LogP contribution is -2.42. The first-order valence-electron chi connectivity index (χ1n) is 10.4. The molecular weight excluding hydrogens is 384 g/mol. The maximum atomic E-state index is 11.7. The Kier molecular flexibility index (Phi) is 3.97. The topological polar surface area (TPSA) is 35.5 Å². The molecule has 31 heavy (non-hydrogen) atoms. The number of hydrogen-bond acceptors (Lipinski definition) is 3. The summed E-state index contributed by atoms with van der Waals surface area (Å²) in [4.78, 5) is 11.7. The first kappa shape index (κ1) is 18.0. The molecular formula is C28H20O3. The predicted molar refractivity (Wildman–Crippen MR) is 121 cm³/mol. The Hall–Kier alpha value is -3.85. The van der Waals surface area contributed by atoms with Crippen LogP contribution in [0.4, 0.5) is 4.79 Å². The fourth-order valence-electron chi connectivity index (χ4n) is 4.89. The highest BCUT2D eigenvalue weighted by Crippen LogP contribution is 2.52. The van der Waals surface area contributed by atoms with Gasteiger partial charge in [-0.1, -0.05) is 84.9 Å². The number of carbonyl (C=O) groups is 1. The molecule has 1 aliphatic carbocycles. The molecule has 0 saturated carbocycles. The van der Waals surface area contributed by atoms with Gasteiger partial charge in [-0.05, 0) is 56.6 Å². The lowest BCUT2D eigenvalue weighted by atomic mass is 9.78. The third kappa shape index (κ3) is 2.77. The number of hydrogen-bond donors (Lipinski definition) is 0. The van der Waals surface area contributed by atoms with Crippen molar-refractivity contribution in [3.05, 3.63) is 108 Å². The van der Waals surface area contributed by atoms with E-state index >= 15 is 0 Å². The van der Waals surface area contributed by atoms with Gasteiger partial charge >= 0.3 is 6.16 Å². The molecule has 6 rings (SSSR count). The number of ether oxygens (including phenoxy) is 2. The van der Waals surface area contributed by atoms with Gasteiger partial charge in [-0.15, -0.1) is 0 Å². The van der Waals surface area contributed by atoms with E-state index in [-0.39, 0.29) is 0 Å². The summed E-state index contributed by atoms with van der Waals surface area (Å²) in [5.41, 5.74) is 8.88. The Bertz CT molecular complexity index is 1190. The number of benzene rings is 4. The molecule has 3 nitrogen and oxygen atoms in total. The van der Waals surface area contributed by atoms with Crippen LogP contribution in [-0.2, 0) is 14.9 Å². The van der Waals surface area contributed by atoms with Crippen molar-refractivity contribution in [1.29, 1.82) is 0 Å². The molecule has 150 valence electrons. The van der Waals surface area contributed by atoms with Crippen molar-refractivity contribution in [1.82, 2.24) is 0 Å². The molecule has 0 aromatic heterocycles. The minimum Gasteiger partial charge on any atom is -0.433 e. The van der Waals surface area contributed by atoms with Crippen LogP contribution in [0.15, 0.2) is 97.1 Å². The van der Waals surface area contributed by atoms with Gasteiger partial charge in [-0.2, -0.15) is 0 Å². The first-order chi connectivity index (χ1) is 15.2. The second-order valence-corrected chi connectivity index (χ2v) is 8.16. The van der Waals surface area contributed by atoms with E-state index in [1.165, 1.54) is 33.4 Å². The molecule has 0 unspecified atom stereocenters. The van der Waals surface area contributed by atoms with Crippen LogP contribution in [0, 0.1) is 0 Å². The lowest BCUT2D eigenvalue weighted by Gasteiger charge is -2.34. The van der Waals surface area contributed by atoms with Crippen LogP contribution in [0.1, 0.15) is 11.1 Å². The quantitative estimate of drug-likeness (QED) is 0.360. The van der Waals surface area contributed by atoms with Crippen molar-refractivity contribution in [3.8, 4) is 33.4 Å². The van der Waals surface area contributed by atoms with Gasteiger partial charge in [-0.3, -0.25) is 0 Å². The molecule has 1 spiro atoms. The van der Waals surface area contributed by atoms with Crippen molar-refractivity contribution in [2.75, 3.05) is 13.2 Å². The summed E-state index contributed by atoms with van der Waals surface area (Å²) in [5, 5.41) is 0. The second-order valence-electron chi connectivity index (χ2n) is 8.16. The third-order valence-electron chi connectivity index (χ3n) is 6.45. The highest BCUT2D eigenvalue weighted by atomic mass is 16.7. The number of cyclic esters (lactones) is 2. The van der Waals surface area contributed by atoms with Crippen molar-refractivity contribution >= 4 is 6.16 Å². The van der Waals surface area contributed by atoms with Crippen LogP contribution in [0.3, 0.4) is 0 Å². The summed E-state index contributed by atoms with van der Waals surface area (Å²) in [6.07, 6.45) is -0.595. The van der Waals surface area contributed by atoms with E-state index < -0.39 is 11.6 Å². The molecule has 1 fully saturated rings. The molecule has 3 heteroatoms. The van der Waals surface area contributed by atoms with Gasteiger partial charge in [0, 0.05) is 0 Å². The zero-order valence-electron chi connectivity index (χ0n) is 16.9. The van der Waals surface area contributed by atoms with Gasteiger partial charge in [0.1, 0.15) is 13.2 Å². The van der Waals surface area contributed by atoms with Crippen LogP contribution in [0.2, 0.25) is 0 Å². The van der Waals surface area contributed by atoms with Crippen LogP contribution in [-0.4, -0.2) is 19.4 Å². The SMILES string of the molecule is O=C1OCC2(CO1)c1ccc(-c3ccccc3)cc1-c1cc(-c3ccccc3)ccc12. The van der Waals surface area contributed by atoms with Crippen molar-refractivity contribution < 1.29 is 14.3 Å². The molecule has 1 heterocycles. The van der Waals surface area contributed by atoms with Crippen LogP contribution < -0.4 is 0 Å². The van der Waals surface area contributed by atoms with Gasteiger partial charge in [0.25, 0.3) is 0 Å². The Morgan fingerprint density at radius 3 is 1.45 bits per heavy atom. The Labute approximate surface area is 180 Å². The number of fused-ring (bicyclic) bond motifs is 5. The summed E-state index contributed by atoms with van der Waals surface area (Å²) >= 11 is 0. The minimum atomic E-state index is -0.595. The molecule has 0 amide bonds. The monoisotopic (exact) mass is 404 g/mol. The largest absolute Gasteiger partial charge is 0.508 e. The van der Waals surface area contributed by atoms with E-state index in [9.17, 15) is 4.79 Å². The fraction of sp³-hybridized carbons (Fsp3) is 0.107. The molecule has 1 saturated heterocycles. The Morgan fingerprint density at radius 2 is 1.00 bits per heavy atom. The van der Waals surface area contributed by atoms with Gasteiger partial charge in [0.05, 0.1) is 5.41 Å². The van der Waals surface area contributed by atoms with Gasteiger partial charge in [0.2, 0.25) is 0 Å². The lowest BCUT2D eigenvalue weighted by molar-refractivity contribution is -0.0140. The van der Waals surface area contributed by atoms with Crippen LogP contribution in [0.5, 0.6) is 0 Å². The van der Waals surface area contributed by atoms with Crippen LogP contribution in [0.25, 0.3) is 33.4 Å². The highest BCUT2D eigenvalue weighted by molar-refractivity contribution is 5.88. The Morgan fingerprint density at radius 1 is 0.548 bits per heavy atom. The summed E-state index contributed by atoms with van der Waals surface area (Å²) in [7, 11) is 0. The Balaban J connectivity index is 1.56. The maximum Gasteiger partial charge on any atom is 0.508 e. The van der Waals surface area contributed by atoms with Gasteiger partial charge in [0.15, 0.2) is 0 Å². The fourth-order valence-corrected chi connectivity index (χ4v) is 4.89. The summed E-state index contributed by atoms with van der Waals surface area (Å²) < 4.78 is 10.8. The molecule has 2 aliphatic rings. The molecule has 0 N–H and O–H groups in total. The average molecular weight is 404 g/mol. The average Bonchev–Trinajstić information content (AvgIpc) is 3.10. The van der Waals surface area contributed by atoms with E-state index in [4.69, 9.17) is 9.47 Å². The standard InChI is InChI=1S/C28H20O3/c29-27-30-17-28(18-31-27)25-13-11-21(19-7-3-1-4-8-19)15-23(25)24-16-22(12-14-26(24)28)20-9-5-2-6-10-20/h1-16H,17-18H2. The predicted octanol–water partition coefficient (Wildman–Crippen LogP) is 6.45. The maximum absolute atomic E-state index is 11.7. The van der Waals surface area contributed by atoms with Crippen molar-refractivity contribution in [2.24, 2.45) is 0 Å². The minimum absolute atomic E-state index is 0.293. The van der Waals surface area contributed by atoms with Gasteiger partial charge < -0.3 is 9.47 Å². The van der Waals surface area contributed by atoms with Gasteiger partial charge in [-0.25, -0.2) is 4.79 Å². The third-order valence-corrected chi connectivity index (χ3v) is 6.45. The highest BCUT2D eigenvalue weighted by Gasteiger charge is 2.48. The second kappa shape index (κ2) is 6.85. The van der Waals surface area contributed by atoms with Crippen LogP contribution >= 0.6 is 0 Å². The zero-order chi connectivity index (χ0) is 20.8.